The first-order valence-electron chi connectivity index (χ1n) is 9.83. The van der Waals surface area contributed by atoms with Crippen molar-refractivity contribution in [2.45, 2.75) is 6.92 Å². The lowest BCUT2D eigenvalue weighted by Gasteiger charge is -2.33. The second-order valence-electron chi connectivity index (χ2n) is 7.26. The van der Waals surface area contributed by atoms with Crippen LogP contribution in [0.25, 0.3) is 11.1 Å². The fourth-order valence-electron chi connectivity index (χ4n) is 4.00. The van der Waals surface area contributed by atoms with Gasteiger partial charge in [-0.3, -0.25) is 4.79 Å². The van der Waals surface area contributed by atoms with E-state index in [1.165, 1.54) is 0 Å². The van der Waals surface area contributed by atoms with Crippen LogP contribution in [-0.2, 0) is 9.53 Å². The number of carbonyl (C=O) groups is 1. The van der Waals surface area contributed by atoms with E-state index in [0.29, 0.717) is 18.3 Å². The van der Waals surface area contributed by atoms with Gasteiger partial charge in [0.05, 0.1) is 27.4 Å². The summed E-state index contributed by atoms with van der Waals surface area (Å²) in [6.45, 7) is 5.31. The molecule has 8 heteroatoms. The Morgan fingerprint density at radius 1 is 1.07 bits per heavy atom. The van der Waals surface area contributed by atoms with Gasteiger partial charge in [-0.25, -0.2) is 0 Å². The number of ether oxygens (including phenoxy) is 3. The van der Waals surface area contributed by atoms with Crippen LogP contribution in [0, 0.1) is 6.92 Å². The standard InChI is InChI=1S/C22H25N3O4S/c1-14-10-15(25-13-20(26)23-22(25)30)11-18(21(14)24-6-8-29-9-7-24)17-5-4-16(27-2)12-19(17)28-3/h4-5,10-12H,6-9,13H2,1-3H3,(H,23,26,30). The minimum atomic E-state index is -0.0986. The molecule has 2 aromatic rings. The summed E-state index contributed by atoms with van der Waals surface area (Å²) in [6.07, 6.45) is 0. The van der Waals surface area contributed by atoms with E-state index >= 15 is 0 Å². The number of rotatable bonds is 5. The van der Waals surface area contributed by atoms with Crippen LogP contribution in [0.5, 0.6) is 11.5 Å². The average Bonchev–Trinajstić information content (AvgIpc) is 3.11. The zero-order chi connectivity index (χ0) is 21.3. The molecule has 2 fully saturated rings. The highest BCUT2D eigenvalue weighted by Gasteiger charge is 2.28. The number of benzene rings is 2. The Labute approximate surface area is 181 Å². The molecule has 30 heavy (non-hydrogen) atoms. The molecule has 7 nitrogen and oxygen atoms in total. The summed E-state index contributed by atoms with van der Waals surface area (Å²) < 4.78 is 16.6. The van der Waals surface area contributed by atoms with Gasteiger partial charge in [-0.15, -0.1) is 0 Å². The summed E-state index contributed by atoms with van der Waals surface area (Å²) in [5, 5.41) is 3.13. The molecular weight excluding hydrogens is 402 g/mol. The van der Waals surface area contributed by atoms with Crippen LogP contribution in [-0.4, -0.2) is 58.1 Å². The van der Waals surface area contributed by atoms with E-state index in [1.54, 1.807) is 14.2 Å². The van der Waals surface area contributed by atoms with Crippen molar-refractivity contribution < 1.29 is 19.0 Å². The van der Waals surface area contributed by atoms with E-state index in [4.69, 9.17) is 26.4 Å². The Hall–Kier alpha value is -2.84. The van der Waals surface area contributed by atoms with E-state index < -0.39 is 0 Å². The molecule has 0 saturated carbocycles. The van der Waals surface area contributed by atoms with Crippen LogP contribution in [0.3, 0.4) is 0 Å². The monoisotopic (exact) mass is 427 g/mol. The fraction of sp³-hybridized carbons (Fsp3) is 0.364. The minimum Gasteiger partial charge on any atom is -0.497 e. The molecule has 2 aliphatic heterocycles. The van der Waals surface area contributed by atoms with Crippen molar-refractivity contribution in [1.29, 1.82) is 0 Å². The van der Waals surface area contributed by atoms with Gasteiger partial charge in [0.15, 0.2) is 5.11 Å². The number of hydrogen-bond donors (Lipinski definition) is 1. The Morgan fingerprint density at radius 2 is 1.83 bits per heavy atom. The number of thiocarbonyl (C=S) groups is 1. The molecule has 2 heterocycles. The highest BCUT2D eigenvalue weighted by Crippen LogP contribution is 2.43. The molecule has 0 radical (unpaired) electrons. The number of morpholine rings is 1. The third-order valence-corrected chi connectivity index (χ3v) is 5.74. The maximum Gasteiger partial charge on any atom is 0.246 e. The van der Waals surface area contributed by atoms with Crippen molar-refractivity contribution in [2.75, 3.05) is 56.9 Å². The van der Waals surface area contributed by atoms with Crippen molar-refractivity contribution in [2.24, 2.45) is 0 Å². The molecule has 2 aliphatic rings. The number of nitrogens with zero attached hydrogens (tertiary/aromatic N) is 2. The molecule has 2 saturated heterocycles. The SMILES string of the molecule is COc1ccc(-c2cc(N3CC(=O)NC3=S)cc(C)c2N2CCOCC2)c(OC)c1. The second kappa shape index (κ2) is 8.49. The summed E-state index contributed by atoms with van der Waals surface area (Å²) in [4.78, 5) is 16.0. The molecule has 0 bridgehead atoms. The van der Waals surface area contributed by atoms with Crippen molar-refractivity contribution in [3.8, 4) is 22.6 Å². The molecule has 1 N–H and O–H groups in total. The molecule has 0 unspecified atom stereocenters. The zero-order valence-electron chi connectivity index (χ0n) is 17.4. The van der Waals surface area contributed by atoms with Gasteiger partial charge in [0.25, 0.3) is 0 Å². The third kappa shape index (κ3) is 3.80. The van der Waals surface area contributed by atoms with Crippen molar-refractivity contribution in [3.63, 3.8) is 0 Å². The molecule has 158 valence electrons. The van der Waals surface area contributed by atoms with Crippen LogP contribution in [0.4, 0.5) is 11.4 Å². The van der Waals surface area contributed by atoms with Crippen LogP contribution >= 0.6 is 12.2 Å². The lowest BCUT2D eigenvalue weighted by molar-refractivity contribution is -0.117. The third-order valence-electron chi connectivity index (χ3n) is 5.42. The van der Waals surface area contributed by atoms with Gasteiger partial charge in [-0.05, 0) is 49.0 Å². The van der Waals surface area contributed by atoms with Crippen LogP contribution in [0.2, 0.25) is 0 Å². The maximum atomic E-state index is 11.9. The first kappa shape index (κ1) is 20.4. The van der Waals surface area contributed by atoms with Gasteiger partial charge in [-0.1, -0.05) is 0 Å². The molecule has 0 aromatic heterocycles. The molecule has 0 spiro atoms. The number of carbonyl (C=O) groups excluding carboxylic acids is 1. The molecule has 0 aliphatic carbocycles. The Balaban J connectivity index is 1.89. The lowest BCUT2D eigenvalue weighted by Crippen LogP contribution is -2.37. The minimum absolute atomic E-state index is 0.0986. The molecule has 2 aromatic carbocycles. The summed E-state index contributed by atoms with van der Waals surface area (Å²) >= 11 is 5.37. The summed E-state index contributed by atoms with van der Waals surface area (Å²) in [5.74, 6) is 1.35. The topological polar surface area (TPSA) is 63.3 Å². The normalized spacial score (nSPS) is 16.6. The predicted octanol–water partition coefficient (Wildman–Crippen LogP) is 2.74. The van der Waals surface area contributed by atoms with Crippen molar-refractivity contribution >= 4 is 34.6 Å². The Bertz CT molecular complexity index is 989. The van der Waals surface area contributed by atoms with E-state index in [0.717, 1.165) is 52.7 Å². The van der Waals surface area contributed by atoms with Crippen LogP contribution in [0.1, 0.15) is 5.56 Å². The smallest absolute Gasteiger partial charge is 0.246 e. The number of anilines is 2. The number of nitrogens with one attached hydrogen (secondary N) is 1. The van der Waals surface area contributed by atoms with E-state index in [2.05, 4.69) is 29.3 Å². The quantitative estimate of drug-likeness (QED) is 0.736. The predicted molar refractivity (Wildman–Crippen MR) is 121 cm³/mol. The molecule has 1 amide bonds. The lowest BCUT2D eigenvalue weighted by atomic mass is 9.96. The van der Waals surface area contributed by atoms with Crippen LogP contribution in [0.15, 0.2) is 30.3 Å². The highest BCUT2D eigenvalue weighted by atomic mass is 32.1. The van der Waals surface area contributed by atoms with Crippen molar-refractivity contribution in [1.82, 2.24) is 5.32 Å². The van der Waals surface area contributed by atoms with Gasteiger partial charge in [0.1, 0.15) is 18.0 Å². The van der Waals surface area contributed by atoms with Crippen LogP contribution < -0.4 is 24.6 Å². The largest absolute Gasteiger partial charge is 0.497 e. The number of aryl methyl sites for hydroxylation is 1. The summed E-state index contributed by atoms with van der Waals surface area (Å²) in [6, 6.07) is 9.97. The van der Waals surface area contributed by atoms with E-state index in [1.807, 2.05) is 23.1 Å². The van der Waals surface area contributed by atoms with Gasteiger partial charge in [0, 0.05) is 41.7 Å². The maximum absolute atomic E-state index is 11.9. The average molecular weight is 428 g/mol. The van der Waals surface area contributed by atoms with Gasteiger partial charge >= 0.3 is 0 Å². The zero-order valence-corrected chi connectivity index (χ0v) is 18.2. The molecule has 4 rings (SSSR count). The number of hydrogen-bond acceptors (Lipinski definition) is 6. The summed E-state index contributed by atoms with van der Waals surface area (Å²) in [5.41, 5.74) is 5.09. The first-order chi connectivity index (χ1) is 14.5. The molecule has 0 atom stereocenters. The Kier molecular flexibility index (Phi) is 5.78. The van der Waals surface area contributed by atoms with Gasteiger partial charge in [-0.2, -0.15) is 0 Å². The van der Waals surface area contributed by atoms with E-state index in [9.17, 15) is 4.79 Å². The summed E-state index contributed by atoms with van der Waals surface area (Å²) in [7, 11) is 3.29. The van der Waals surface area contributed by atoms with Gasteiger partial charge < -0.3 is 29.3 Å². The Morgan fingerprint density at radius 3 is 2.47 bits per heavy atom. The van der Waals surface area contributed by atoms with Gasteiger partial charge in [0.2, 0.25) is 5.91 Å². The van der Waals surface area contributed by atoms with E-state index in [-0.39, 0.29) is 12.5 Å². The van der Waals surface area contributed by atoms with Crippen molar-refractivity contribution in [3.05, 3.63) is 35.9 Å². The molecular formula is C22H25N3O4S. The first-order valence-corrected chi connectivity index (χ1v) is 10.2. The second-order valence-corrected chi connectivity index (χ2v) is 7.65. The number of amides is 1. The number of methoxy groups -OCH3 is 2. The fourth-order valence-corrected chi connectivity index (χ4v) is 4.28. The highest BCUT2D eigenvalue weighted by molar-refractivity contribution is 7.80.